The zero-order chi connectivity index (χ0) is 15.5. The average Bonchev–Trinajstić information content (AvgIpc) is 2.80. The van der Waals surface area contributed by atoms with E-state index in [9.17, 15) is 13.2 Å². The molecule has 0 atom stereocenters. The molecule has 116 valence electrons. The highest BCUT2D eigenvalue weighted by Crippen LogP contribution is 2.16. The third kappa shape index (κ3) is 3.95. The highest BCUT2D eigenvalue weighted by atomic mass is 32.2. The molecule has 21 heavy (non-hydrogen) atoms. The molecule has 1 N–H and O–H groups in total. The molecular formula is C14H20N2O4S. The molecular weight excluding hydrogens is 292 g/mol. The summed E-state index contributed by atoms with van der Waals surface area (Å²) in [5.74, 6) is 0. The third-order valence-corrected chi connectivity index (χ3v) is 4.98. The minimum absolute atomic E-state index is 0.291. The monoisotopic (exact) mass is 312 g/mol. The van der Waals surface area contributed by atoms with E-state index in [1.54, 1.807) is 24.0 Å². The smallest absolute Gasteiger partial charge is 0.409 e. The summed E-state index contributed by atoms with van der Waals surface area (Å²) in [6.45, 7) is 5.47. The van der Waals surface area contributed by atoms with Gasteiger partial charge in [0.25, 0.3) is 0 Å². The first-order valence-electron chi connectivity index (χ1n) is 6.89. The van der Waals surface area contributed by atoms with Crippen molar-refractivity contribution in [1.82, 2.24) is 9.62 Å². The van der Waals surface area contributed by atoms with Crippen LogP contribution in [0.3, 0.4) is 0 Å². The lowest BCUT2D eigenvalue weighted by Crippen LogP contribution is -2.30. The minimum atomic E-state index is -3.50. The second-order valence-electron chi connectivity index (χ2n) is 5.12. The quantitative estimate of drug-likeness (QED) is 0.806. The van der Waals surface area contributed by atoms with Crippen molar-refractivity contribution < 1.29 is 17.9 Å². The van der Waals surface area contributed by atoms with Crippen LogP contribution in [0.5, 0.6) is 0 Å². The standard InChI is InChI=1S/C14H20N2O4S/c1-11-4-5-13(12(2)10-11)21(18,19)15-6-3-7-16-8-9-20-14(16)17/h4-5,10,15H,3,6-9H2,1-2H3. The van der Waals surface area contributed by atoms with Crippen LogP contribution in [0.25, 0.3) is 0 Å². The van der Waals surface area contributed by atoms with Crippen LogP contribution >= 0.6 is 0 Å². The Labute approximate surface area is 125 Å². The predicted octanol–water partition coefficient (Wildman–Crippen LogP) is 1.42. The Bertz CT molecular complexity index is 628. The number of carbonyl (C=O) groups excluding carboxylic acids is 1. The highest BCUT2D eigenvalue weighted by molar-refractivity contribution is 7.89. The van der Waals surface area contributed by atoms with Crippen molar-refractivity contribution in [3.05, 3.63) is 29.3 Å². The molecule has 0 spiro atoms. The number of ether oxygens (including phenoxy) is 1. The molecule has 0 aromatic heterocycles. The molecule has 0 radical (unpaired) electrons. The zero-order valence-corrected chi connectivity index (χ0v) is 13.1. The van der Waals surface area contributed by atoms with Crippen molar-refractivity contribution in [3.8, 4) is 0 Å². The minimum Gasteiger partial charge on any atom is -0.448 e. The molecule has 1 heterocycles. The Morgan fingerprint density at radius 1 is 1.33 bits per heavy atom. The van der Waals surface area contributed by atoms with E-state index in [0.29, 0.717) is 37.6 Å². The molecule has 1 amide bonds. The van der Waals surface area contributed by atoms with Crippen LogP contribution in [0.15, 0.2) is 23.1 Å². The van der Waals surface area contributed by atoms with Gasteiger partial charge in [-0.05, 0) is 31.9 Å². The zero-order valence-electron chi connectivity index (χ0n) is 12.3. The fourth-order valence-electron chi connectivity index (χ4n) is 2.28. The van der Waals surface area contributed by atoms with Gasteiger partial charge in [-0.25, -0.2) is 17.9 Å². The summed E-state index contributed by atoms with van der Waals surface area (Å²) >= 11 is 0. The highest BCUT2D eigenvalue weighted by Gasteiger charge is 2.21. The molecule has 7 heteroatoms. The molecule has 0 aliphatic carbocycles. The fraction of sp³-hybridized carbons (Fsp3) is 0.500. The van der Waals surface area contributed by atoms with Crippen LogP contribution in [0.1, 0.15) is 17.5 Å². The van der Waals surface area contributed by atoms with Gasteiger partial charge in [-0.2, -0.15) is 0 Å². The number of amides is 1. The summed E-state index contributed by atoms with van der Waals surface area (Å²) in [7, 11) is -3.50. The Balaban J connectivity index is 1.88. The molecule has 1 fully saturated rings. The lowest BCUT2D eigenvalue weighted by atomic mass is 10.2. The van der Waals surface area contributed by atoms with Gasteiger partial charge < -0.3 is 9.64 Å². The summed E-state index contributed by atoms with van der Waals surface area (Å²) in [4.78, 5) is 13.1. The van der Waals surface area contributed by atoms with Crippen LogP contribution < -0.4 is 4.72 Å². The normalized spacial score (nSPS) is 15.3. The molecule has 0 saturated carbocycles. The fourth-order valence-corrected chi connectivity index (χ4v) is 3.58. The van der Waals surface area contributed by atoms with E-state index in [0.717, 1.165) is 11.1 Å². The number of benzene rings is 1. The van der Waals surface area contributed by atoms with E-state index >= 15 is 0 Å². The van der Waals surface area contributed by atoms with Gasteiger partial charge in [0.2, 0.25) is 10.0 Å². The lowest BCUT2D eigenvalue weighted by molar-refractivity contribution is 0.158. The third-order valence-electron chi connectivity index (χ3n) is 3.36. The number of nitrogens with one attached hydrogen (secondary N) is 1. The van der Waals surface area contributed by atoms with Gasteiger partial charge in [0.15, 0.2) is 0 Å². The van der Waals surface area contributed by atoms with Gasteiger partial charge in [-0.15, -0.1) is 0 Å². The number of carbonyl (C=O) groups is 1. The van der Waals surface area contributed by atoms with Gasteiger partial charge in [-0.1, -0.05) is 17.7 Å². The second-order valence-corrected chi connectivity index (χ2v) is 6.86. The Kier molecular flexibility index (Phi) is 4.84. The maximum atomic E-state index is 12.2. The van der Waals surface area contributed by atoms with Gasteiger partial charge >= 0.3 is 6.09 Å². The van der Waals surface area contributed by atoms with Gasteiger partial charge in [-0.3, -0.25) is 0 Å². The van der Waals surface area contributed by atoms with Crippen LogP contribution in [0.4, 0.5) is 4.79 Å². The van der Waals surface area contributed by atoms with E-state index in [-0.39, 0.29) is 6.09 Å². The molecule has 6 nitrogen and oxygen atoms in total. The van der Waals surface area contributed by atoms with Crippen molar-refractivity contribution >= 4 is 16.1 Å². The summed E-state index contributed by atoms with van der Waals surface area (Å²) in [6.07, 6.45) is 0.228. The first-order valence-corrected chi connectivity index (χ1v) is 8.37. The molecule has 2 rings (SSSR count). The predicted molar refractivity (Wildman–Crippen MR) is 78.6 cm³/mol. The van der Waals surface area contributed by atoms with E-state index < -0.39 is 10.0 Å². The lowest BCUT2D eigenvalue weighted by Gasteiger charge is -2.13. The molecule has 1 aromatic carbocycles. The van der Waals surface area contributed by atoms with Crippen molar-refractivity contribution in [2.24, 2.45) is 0 Å². The first-order chi connectivity index (χ1) is 9.90. The summed E-state index contributed by atoms with van der Waals surface area (Å²) in [5.41, 5.74) is 1.75. The van der Waals surface area contributed by atoms with Crippen molar-refractivity contribution in [1.29, 1.82) is 0 Å². The van der Waals surface area contributed by atoms with Crippen molar-refractivity contribution in [3.63, 3.8) is 0 Å². The largest absolute Gasteiger partial charge is 0.448 e. The van der Waals surface area contributed by atoms with E-state index in [2.05, 4.69) is 4.72 Å². The number of aryl methyl sites for hydroxylation is 2. The Morgan fingerprint density at radius 2 is 2.10 bits per heavy atom. The van der Waals surface area contributed by atoms with E-state index in [1.807, 2.05) is 13.0 Å². The maximum absolute atomic E-state index is 12.2. The molecule has 0 unspecified atom stereocenters. The van der Waals surface area contributed by atoms with Gasteiger partial charge in [0.1, 0.15) is 6.61 Å². The Morgan fingerprint density at radius 3 is 2.71 bits per heavy atom. The molecule has 1 aliphatic rings. The van der Waals surface area contributed by atoms with Crippen LogP contribution in [0, 0.1) is 13.8 Å². The van der Waals surface area contributed by atoms with Gasteiger partial charge in [0, 0.05) is 13.1 Å². The molecule has 0 bridgehead atoms. The Hall–Kier alpha value is -1.60. The number of hydrogen-bond acceptors (Lipinski definition) is 4. The number of nitrogens with zero attached hydrogens (tertiary/aromatic N) is 1. The summed E-state index contributed by atoms with van der Waals surface area (Å²) in [6, 6.07) is 5.24. The SMILES string of the molecule is Cc1ccc(S(=O)(=O)NCCCN2CCOC2=O)c(C)c1. The summed E-state index contributed by atoms with van der Waals surface area (Å²) in [5, 5.41) is 0. The van der Waals surface area contributed by atoms with E-state index in [4.69, 9.17) is 4.74 Å². The van der Waals surface area contributed by atoms with Crippen LogP contribution in [0.2, 0.25) is 0 Å². The second kappa shape index (κ2) is 6.44. The molecule has 1 saturated heterocycles. The number of cyclic esters (lactones) is 1. The number of rotatable bonds is 6. The average molecular weight is 312 g/mol. The van der Waals surface area contributed by atoms with Gasteiger partial charge in [0.05, 0.1) is 11.4 Å². The maximum Gasteiger partial charge on any atom is 0.409 e. The molecule has 1 aliphatic heterocycles. The number of hydrogen-bond donors (Lipinski definition) is 1. The molecule has 1 aromatic rings. The first kappa shape index (κ1) is 15.8. The van der Waals surface area contributed by atoms with Crippen LogP contribution in [-0.4, -0.2) is 45.7 Å². The topological polar surface area (TPSA) is 75.7 Å². The van der Waals surface area contributed by atoms with Crippen molar-refractivity contribution in [2.75, 3.05) is 26.2 Å². The van der Waals surface area contributed by atoms with Crippen LogP contribution in [-0.2, 0) is 14.8 Å². The number of sulfonamides is 1. The van der Waals surface area contributed by atoms with Crippen molar-refractivity contribution in [2.45, 2.75) is 25.2 Å². The summed E-state index contributed by atoms with van der Waals surface area (Å²) < 4.78 is 31.8. The van der Waals surface area contributed by atoms with E-state index in [1.165, 1.54) is 0 Å².